The first-order chi connectivity index (χ1) is 6.88. The summed E-state index contributed by atoms with van der Waals surface area (Å²) in [7, 11) is 4.13. The third-order valence-electron chi connectivity index (χ3n) is 2.40. The molecule has 0 atom stereocenters. The minimum Gasteiger partial charge on any atom is -0.378 e. The Hall–Kier alpha value is -1.02. The summed E-state index contributed by atoms with van der Waals surface area (Å²) >= 11 is 0. The van der Waals surface area contributed by atoms with Gasteiger partial charge in [0.1, 0.15) is 6.54 Å². The molecule has 15 heavy (non-hydrogen) atoms. The van der Waals surface area contributed by atoms with Crippen LogP contribution in [0.3, 0.4) is 0 Å². The Bertz CT molecular complexity index is 293. The second-order valence-corrected chi connectivity index (χ2v) is 5.34. The Kier molecular flexibility index (Phi) is 3.75. The van der Waals surface area contributed by atoms with Crippen LogP contribution in [-0.4, -0.2) is 19.6 Å². The highest BCUT2D eigenvalue weighted by Crippen LogP contribution is 2.11. The summed E-state index contributed by atoms with van der Waals surface area (Å²) < 4.78 is 0. The van der Waals surface area contributed by atoms with Gasteiger partial charge in [0.2, 0.25) is 0 Å². The Balaban J connectivity index is 2.57. The fourth-order valence-electron chi connectivity index (χ4n) is 1.35. The molecule has 2 N–H and O–H groups in total. The van der Waals surface area contributed by atoms with Gasteiger partial charge in [-0.05, 0) is 32.9 Å². The van der Waals surface area contributed by atoms with Crippen LogP contribution in [0.4, 0.5) is 5.69 Å². The van der Waals surface area contributed by atoms with Crippen molar-refractivity contribution in [2.75, 3.05) is 19.0 Å². The molecule has 0 saturated heterocycles. The van der Waals surface area contributed by atoms with E-state index in [9.17, 15) is 0 Å². The molecule has 84 valence electrons. The van der Waals surface area contributed by atoms with E-state index in [1.807, 2.05) is 0 Å². The minimum absolute atomic E-state index is 0.306. The molecule has 1 aromatic rings. The molecule has 0 aliphatic rings. The fraction of sp³-hybridized carbons (Fsp3) is 0.538. The molecule has 0 saturated carbocycles. The molecule has 0 bridgehead atoms. The first kappa shape index (κ1) is 12.1. The number of benzene rings is 1. The lowest BCUT2D eigenvalue weighted by molar-refractivity contribution is -0.731. The summed E-state index contributed by atoms with van der Waals surface area (Å²) in [4.78, 5) is 2.12. The maximum Gasteiger partial charge on any atom is 0.102 e. The lowest BCUT2D eigenvalue weighted by Gasteiger charge is -2.17. The summed E-state index contributed by atoms with van der Waals surface area (Å²) in [5.41, 5.74) is 2.95. The molecule has 0 amide bonds. The largest absolute Gasteiger partial charge is 0.378 e. The van der Waals surface area contributed by atoms with Gasteiger partial charge in [-0.25, -0.2) is 0 Å². The molecule has 2 nitrogen and oxygen atoms in total. The van der Waals surface area contributed by atoms with Crippen LogP contribution in [0.25, 0.3) is 0 Å². The lowest BCUT2D eigenvalue weighted by Crippen LogP contribution is -2.92. The van der Waals surface area contributed by atoms with Crippen molar-refractivity contribution in [2.45, 2.75) is 32.9 Å². The maximum absolute atomic E-state index is 2.36. The number of hydrogen-bond acceptors (Lipinski definition) is 1. The van der Waals surface area contributed by atoms with E-state index in [4.69, 9.17) is 0 Å². The van der Waals surface area contributed by atoms with Crippen molar-refractivity contribution < 1.29 is 5.32 Å². The highest BCUT2D eigenvalue weighted by atomic mass is 15.1. The smallest absolute Gasteiger partial charge is 0.102 e. The molecule has 0 aliphatic heterocycles. The van der Waals surface area contributed by atoms with Crippen LogP contribution in [0, 0.1) is 0 Å². The molecular weight excluding hydrogens is 184 g/mol. The van der Waals surface area contributed by atoms with Gasteiger partial charge in [-0.15, -0.1) is 0 Å². The maximum atomic E-state index is 2.36. The van der Waals surface area contributed by atoms with E-state index in [0.29, 0.717) is 5.54 Å². The number of rotatable bonds is 3. The second kappa shape index (κ2) is 4.67. The van der Waals surface area contributed by atoms with Crippen LogP contribution in [-0.2, 0) is 6.54 Å². The third kappa shape index (κ3) is 4.34. The normalized spacial score (nSPS) is 11.5. The highest BCUT2D eigenvalue weighted by molar-refractivity contribution is 5.45. The van der Waals surface area contributed by atoms with Crippen molar-refractivity contribution in [1.82, 2.24) is 0 Å². The van der Waals surface area contributed by atoms with Crippen LogP contribution >= 0.6 is 0 Å². The molecule has 1 rings (SSSR count). The van der Waals surface area contributed by atoms with Crippen molar-refractivity contribution in [2.24, 2.45) is 0 Å². The Morgan fingerprint density at radius 3 is 2.00 bits per heavy atom. The van der Waals surface area contributed by atoms with E-state index in [0.717, 1.165) is 6.54 Å². The summed E-state index contributed by atoms with van der Waals surface area (Å²) in [5, 5.41) is 2.36. The van der Waals surface area contributed by atoms with Gasteiger partial charge < -0.3 is 10.2 Å². The molecule has 1 aromatic carbocycles. The molecule has 2 heteroatoms. The van der Waals surface area contributed by atoms with Gasteiger partial charge in [-0.2, -0.15) is 0 Å². The molecule has 0 aliphatic carbocycles. The Labute approximate surface area is 93.3 Å². The number of nitrogens with zero attached hydrogens (tertiary/aromatic N) is 1. The van der Waals surface area contributed by atoms with E-state index >= 15 is 0 Å². The van der Waals surface area contributed by atoms with Crippen LogP contribution in [0.1, 0.15) is 26.3 Å². The number of anilines is 1. The summed E-state index contributed by atoms with van der Waals surface area (Å²) in [6, 6.07) is 8.76. The molecule has 0 aromatic heterocycles. The molecule has 0 spiro atoms. The second-order valence-electron chi connectivity index (χ2n) is 5.34. The van der Waals surface area contributed by atoms with Crippen LogP contribution in [0.2, 0.25) is 0 Å². The zero-order valence-corrected chi connectivity index (χ0v) is 10.5. The average molecular weight is 207 g/mol. The van der Waals surface area contributed by atoms with E-state index in [1.54, 1.807) is 0 Å². The fourth-order valence-corrected chi connectivity index (χ4v) is 1.35. The van der Waals surface area contributed by atoms with Crippen molar-refractivity contribution in [3.05, 3.63) is 29.8 Å². The zero-order valence-electron chi connectivity index (χ0n) is 10.5. The minimum atomic E-state index is 0.306. The van der Waals surface area contributed by atoms with Crippen molar-refractivity contribution >= 4 is 5.69 Å². The third-order valence-corrected chi connectivity index (χ3v) is 2.40. The van der Waals surface area contributed by atoms with Gasteiger partial charge in [0.15, 0.2) is 0 Å². The standard InChI is InChI=1S/C13H22N2/c1-13(2,3)14-10-11-6-8-12(9-7-11)15(4)5/h6-9,14H,10H2,1-5H3/p+1. The summed E-state index contributed by atoms with van der Waals surface area (Å²) in [6.45, 7) is 7.76. The highest BCUT2D eigenvalue weighted by Gasteiger charge is 2.12. The first-order valence-electron chi connectivity index (χ1n) is 5.49. The van der Waals surface area contributed by atoms with E-state index in [-0.39, 0.29) is 0 Å². The summed E-state index contributed by atoms with van der Waals surface area (Å²) in [6.07, 6.45) is 0. The van der Waals surface area contributed by atoms with Gasteiger partial charge in [-0.1, -0.05) is 12.1 Å². The zero-order chi connectivity index (χ0) is 11.5. The van der Waals surface area contributed by atoms with E-state index in [1.165, 1.54) is 11.3 Å². The lowest BCUT2D eigenvalue weighted by atomic mass is 10.1. The number of hydrogen-bond donors (Lipinski definition) is 1. The van der Waals surface area contributed by atoms with Crippen molar-refractivity contribution in [1.29, 1.82) is 0 Å². The van der Waals surface area contributed by atoms with E-state index < -0.39 is 0 Å². The van der Waals surface area contributed by atoms with Crippen molar-refractivity contribution in [3.8, 4) is 0 Å². The predicted octanol–water partition coefficient (Wildman–Crippen LogP) is 1.61. The van der Waals surface area contributed by atoms with Crippen molar-refractivity contribution in [3.63, 3.8) is 0 Å². The predicted molar refractivity (Wildman–Crippen MR) is 66.2 cm³/mol. The Morgan fingerprint density at radius 1 is 1.07 bits per heavy atom. The van der Waals surface area contributed by atoms with Crippen LogP contribution in [0.5, 0.6) is 0 Å². The van der Waals surface area contributed by atoms with Gasteiger partial charge in [-0.3, -0.25) is 0 Å². The molecule has 0 fully saturated rings. The molecule has 0 radical (unpaired) electrons. The quantitative estimate of drug-likeness (QED) is 0.798. The topological polar surface area (TPSA) is 19.9 Å². The molecule has 0 heterocycles. The Morgan fingerprint density at radius 2 is 1.60 bits per heavy atom. The SMILES string of the molecule is CN(C)c1ccc(C[NH2+]C(C)(C)C)cc1. The van der Waals surface area contributed by atoms with Gasteiger partial charge >= 0.3 is 0 Å². The number of nitrogens with two attached hydrogens (primary N) is 1. The van der Waals surface area contributed by atoms with Crippen LogP contribution < -0.4 is 10.2 Å². The first-order valence-corrected chi connectivity index (χ1v) is 5.49. The van der Waals surface area contributed by atoms with Gasteiger partial charge in [0.25, 0.3) is 0 Å². The monoisotopic (exact) mass is 207 g/mol. The molecular formula is C13H23N2+. The summed E-state index contributed by atoms with van der Waals surface area (Å²) in [5.74, 6) is 0. The average Bonchev–Trinajstić information content (AvgIpc) is 2.14. The van der Waals surface area contributed by atoms with Crippen LogP contribution in [0.15, 0.2) is 24.3 Å². The van der Waals surface area contributed by atoms with Gasteiger partial charge in [0.05, 0.1) is 5.54 Å². The molecule has 0 unspecified atom stereocenters. The van der Waals surface area contributed by atoms with Gasteiger partial charge in [0, 0.05) is 25.3 Å². The number of quaternary nitrogens is 1. The van der Waals surface area contributed by atoms with E-state index in [2.05, 4.69) is 69.3 Å².